The van der Waals surface area contributed by atoms with Crippen molar-refractivity contribution in [1.29, 1.82) is 0 Å². The predicted octanol–water partition coefficient (Wildman–Crippen LogP) is 6.55. The van der Waals surface area contributed by atoms with Crippen molar-refractivity contribution in [2.75, 3.05) is 22.9 Å². The highest BCUT2D eigenvalue weighted by Gasteiger charge is 2.33. The van der Waals surface area contributed by atoms with Gasteiger partial charge in [0.25, 0.3) is 10.0 Å². The standard InChI is InChI=1S/C26H25ClF3NO4S2/c1-17(23-9-5-20(28)15-18(23)11-13-36-14-12-26(32)35-2)31(25-16-21(29)6-10-24(25)30)37(33,34)22-7-3-19(27)4-8-22/h3-10,15-17H,11-14H2,1-2H3/t17-/m1/s1. The fraction of sp³-hybridized carbons (Fsp3) is 0.269. The quantitative estimate of drug-likeness (QED) is 0.193. The zero-order valence-electron chi connectivity index (χ0n) is 20.1. The van der Waals surface area contributed by atoms with Crippen molar-refractivity contribution in [3.05, 3.63) is 94.3 Å². The molecule has 0 bridgehead atoms. The molecule has 0 unspecified atom stereocenters. The van der Waals surface area contributed by atoms with Gasteiger partial charge in [0.1, 0.15) is 17.5 Å². The van der Waals surface area contributed by atoms with Crippen LogP contribution in [0.1, 0.15) is 30.5 Å². The highest BCUT2D eigenvalue weighted by molar-refractivity contribution is 7.99. The second kappa shape index (κ2) is 12.7. The minimum atomic E-state index is -4.41. The number of ether oxygens (including phenoxy) is 1. The summed E-state index contributed by atoms with van der Waals surface area (Å²) in [6.07, 6.45) is 0.573. The molecule has 0 saturated heterocycles. The summed E-state index contributed by atoms with van der Waals surface area (Å²) in [5, 5.41) is 0.306. The van der Waals surface area contributed by atoms with Gasteiger partial charge in [0, 0.05) is 16.8 Å². The zero-order chi connectivity index (χ0) is 27.2. The third kappa shape index (κ3) is 7.21. The molecule has 0 amide bonds. The Morgan fingerprint density at radius 1 is 1.00 bits per heavy atom. The van der Waals surface area contributed by atoms with Crippen molar-refractivity contribution in [2.45, 2.75) is 30.7 Å². The van der Waals surface area contributed by atoms with Gasteiger partial charge in [-0.2, -0.15) is 11.8 Å². The summed E-state index contributed by atoms with van der Waals surface area (Å²) in [5.74, 6) is -1.60. The monoisotopic (exact) mass is 571 g/mol. The van der Waals surface area contributed by atoms with E-state index in [9.17, 15) is 26.4 Å². The molecule has 0 aliphatic rings. The lowest BCUT2D eigenvalue weighted by atomic mass is 9.99. The predicted molar refractivity (Wildman–Crippen MR) is 140 cm³/mol. The summed E-state index contributed by atoms with van der Waals surface area (Å²) < 4.78 is 76.3. The van der Waals surface area contributed by atoms with E-state index >= 15 is 0 Å². The van der Waals surface area contributed by atoms with E-state index in [0.29, 0.717) is 34.1 Å². The third-order valence-electron chi connectivity index (χ3n) is 5.62. The molecule has 0 spiro atoms. The fourth-order valence-electron chi connectivity index (χ4n) is 3.79. The van der Waals surface area contributed by atoms with Crippen LogP contribution in [0, 0.1) is 17.5 Å². The van der Waals surface area contributed by atoms with E-state index in [1.165, 1.54) is 68.3 Å². The number of anilines is 1. The first kappa shape index (κ1) is 28.9. The molecule has 3 aromatic rings. The van der Waals surface area contributed by atoms with Crippen LogP contribution < -0.4 is 4.31 Å². The second-order valence-corrected chi connectivity index (χ2v) is 11.5. The van der Waals surface area contributed by atoms with E-state index in [2.05, 4.69) is 4.74 Å². The van der Waals surface area contributed by atoms with Crippen molar-refractivity contribution in [1.82, 2.24) is 0 Å². The first-order valence-electron chi connectivity index (χ1n) is 11.2. The largest absolute Gasteiger partial charge is 0.469 e. The molecule has 1 atom stereocenters. The molecule has 0 aliphatic carbocycles. The fourth-order valence-corrected chi connectivity index (χ4v) is 6.43. The molecular weight excluding hydrogens is 547 g/mol. The number of carbonyl (C=O) groups excluding carboxylic acids is 1. The molecule has 37 heavy (non-hydrogen) atoms. The van der Waals surface area contributed by atoms with Crippen LogP contribution in [0.2, 0.25) is 5.02 Å². The van der Waals surface area contributed by atoms with Gasteiger partial charge in [-0.05, 0) is 78.8 Å². The Bertz CT molecular complexity index is 1350. The van der Waals surface area contributed by atoms with Gasteiger partial charge in [0.05, 0.1) is 30.2 Å². The summed E-state index contributed by atoms with van der Waals surface area (Å²) in [6, 6.07) is 10.8. The number of halogens is 4. The molecule has 0 fully saturated rings. The molecule has 3 aromatic carbocycles. The van der Waals surface area contributed by atoms with Crippen LogP contribution in [0.4, 0.5) is 18.9 Å². The van der Waals surface area contributed by atoms with Crippen LogP contribution in [0.5, 0.6) is 0 Å². The van der Waals surface area contributed by atoms with E-state index in [4.69, 9.17) is 11.6 Å². The smallest absolute Gasteiger partial charge is 0.306 e. The van der Waals surface area contributed by atoms with E-state index in [0.717, 1.165) is 22.5 Å². The maximum atomic E-state index is 15.0. The van der Waals surface area contributed by atoms with Gasteiger partial charge in [-0.25, -0.2) is 21.6 Å². The van der Waals surface area contributed by atoms with E-state index < -0.39 is 39.2 Å². The van der Waals surface area contributed by atoms with Gasteiger partial charge in [0.15, 0.2) is 0 Å². The van der Waals surface area contributed by atoms with E-state index in [1.807, 2.05) is 0 Å². The van der Waals surface area contributed by atoms with Crippen LogP contribution >= 0.6 is 23.4 Å². The Kier molecular flexibility index (Phi) is 9.92. The summed E-state index contributed by atoms with van der Waals surface area (Å²) in [4.78, 5) is 11.1. The van der Waals surface area contributed by atoms with Gasteiger partial charge in [0.2, 0.25) is 0 Å². The number of carbonyl (C=O) groups is 1. The minimum absolute atomic E-state index is 0.172. The lowest BCUT2D eigenvalue weighted by molar-refractivity contribution is -0.140. The average Bonchev–Trinajstić information content (AvgIpc) is 2.86. The molecule has 0 aliphatic heterocycles. The van der Waals surface area contributed by atoms with Crippen molar-refractivity contribution >= 4 is 45.0 Å². The van der Waals surface area contributed by atoms with Crippen molar-refractivity contribution in [3.8, 4) is 0 Å². The molecular formula is C26H25ClF3NO4S2. The Hall–Kier alpha value is -2.69. The first-order chi connectivity index (χ1) is 17.5. The highest BCUT2D eigenvalue weighted by Crippen LogP contribution is 2.37. The van der Waals surface area contributed by atoms with Crippen molar-refractivity contribution < 1.29 is 31.1 Å². The molecule has 0 N–H and O–H groups in total. The number of esters is 1. The lowest BCUT2D eigenvalue weighted by Gasteiger charge is -2.32. The number of benzene rings is 3. The second-order valence-electron chi connectivity index (χ2n) is 8.06. The van der Waals surface area contributed by atoms with Crippen LogP contribution in [-0.2, 0) is 26.0 Å². The topological polar surface area (TPSA) is 63.7 Å². The number of hydrogen-bond donors (Lipinski definition) is 0. The van der Waals surface area contributed by atoms with Gasteiger partial charge < -0.3 is 4.74 Å². The molecule has 5 nitrogen and oxygen atoms in total. The SMILES string of the molecule is COC(=O)CCSCCc1cc(F)ccc1[C@@H](C)N(c1cc(F)ccc1F)S(=O)(=O)c1ccc(Cl)cc1. The summed E-state index contributed by atoms with van der Waals surface area (Å²) >= 11 is 7.37. The molecule has 198 valence electrons. The summed E-state index contributed by atoms with van der Waals surface area (Å²) in [7, 11) is -3.10. The number of methoxy groups -OCH3 is 1. The minimum Gasteiger partial charge on any atom is -0.469 e. The summed E-state index contributed by atoms with van der Waals surface area (Å²) in [5.41, 5.74) is 0.451. The van der Waals surface area contributed by atoms with Crippen molar-refractivity contribution in [2.24, 2.45) is 0 Å². The number of nitrogens with zero attached hydrogens (tertiary/aromatic N) is 1. The molecule has 11 heteroatoms. The maximum Gasteiger partial charge on any atom is 0.306 e. The number of aryl methyl sites for hydroxylation is 1. The van der Waals surface area contributed by atoms with Crippen LogP contribution in [0.25, 0.3) is 0 Å². The summed E-state index contributed by atoms with van der Waals surface area (Å²) in [6.45, 7) is 1.53. The Balaban J connectivity index is 2.02. The number of rotatable bonds is 11. The van der Waals surface area contributed by atoms with Gasteiger partial charge in [-0.3, -0.25) is 9.10 Å². The van der Waals surface area contributed by atoms with Gasteiger partial charge >= 0.3 is 5.97 Å². The van der Waals surface area contributed by atoms with E-state index in [-0.39, 0.29) is 17.3 Å². The first-order valence-corrected chi connectivity index (χ1v) is 14.2. The maximum absolute atomic E-state index is 15.0. The van der Waals surface area contributed by atoms with Gasteiger partial charge in [-0.1, -0.05) is 17.7 Å². The van der Waals surface area contributed by atoms with Crippen LogP contribution in [-0.4, -0.2) is 33.0 Å². The molecule has 3 rings (SSSR count). The Morgan fingerprint density at radius 3 is 2.32 bits per heavy atom. The molecule has 0 aromatic heterocycles. The molecule has 0 saturated carbocycles. The molecule has 0 radical (unpaired) electrons. The molecule has 0 heterocycles. The average molecular weight is 572 g/mol. The number of sulfonamides is 1. The number of hydrogen-bond acceptors (Lipinski definition) is 5. The van der Waals surface area contributed by atoms with E-state index in [1.54, 1.807) is 0 Å². The normalized spacial score (nSPS) is 12.3. The third-order valence-corrected chi connectivity index (χ3v) is 8.75. The van der Waals surface area contributed by atoms with Crippen LogP contribution in [0.15, 0.2) is 65.6 Å². The van der Waals surface area contributed by atoms with Crippen molar-refractivity contribution in [3.63, 3.8) is 0 Å². The van der Waals surface area contributed by atoms with Crippen LogP contribution in [0.3, 0.4) is 0 Å². The Labute approximate surface area is 223 Å². The Morgan fingerprint density at radius 2 is 1.65 bits per heavy atom. The number of thioether (sulfide) groups is 1. The highest BCUT2D eigenvalue weighted by atomic mass is 35.5. The zero-order valence-corrected chi connectivity index (χ0v) is 22.5. The van der Waals surface area contributed by atoms with Gasteiger partial charge in [-0.15, -0.1) is 0 Å². The lowest BCUT2D eigenvalue weighted by Crippen LogP contribution is -2.35.